The Labute approximate surface area is 197 Å². The van der Waals surface area contributed by atoms with Crippen LogP contribution < -0.4 is 0 Å². The summed E-state index contributed by atoms with van der Waals surface area (Å²) in [5, 5.41) is 0. The van der Waals surface area contributed by atoms with Crippen molar-refractivity contribution in [3.05, 3.63) is 93.0 Å². The molecule has 1 aliphatic carbocycles. The lowest BCUT2D eigenvalue weighted by Gasteiger charge is -2.40. The zero-order valence-electron chi connectivity index (χ0n) is 18.3. The predicted octanol–water partition coefficient (Wildman–Crippen LogP) is 4.12. The molecule has 3 aromatic rings. The number of nitrogens with zero attached hydrogens (tertiary/aromatic N) is 4. The summed E-state index contributed by atoms with van der Waals surface area (Å²) >= 11 is 3.60. The molecule has 1 saturated heterocycles. The second kappa shape index (κ2) is 9.12. The topological polar surface area (TPSA) is 49.3 Å². The minimum atomic E-state index is 0.131. The molecular weight excluding hydrogens is 464 g/mol. The Balaban J connectivity index is 1.38. The van der Waals surface area contributed by atoms with Gasteiger partial charge in [-0.25, -0.2) is 0 Å². The molecule has 1 fully saturated rings. The van der Waals surface area contributed by atoms with Crippen LogP contribution in [0.2, 0.25) is 0 Å². The number of piperazine rings is 1. The Morgan fingerprint density at radius 1 is 1.06 bits per heavy atom. The van der Waals surface area contributed by atoms with Gasteiger partial charge in [-0.05, 0) is 70.1 Å². The average molecular weight is 491 g/mol. The molecule has 5 rings (SSSR count). The lowest BCUT2D eigenvalue weighted by atomic mass is 9.94. The number of aryl methyl sites for hydroxylation is 3. The van der Waals surface area contributed by atoms with Gasteiger partial charge in [0.05, 0.1) is 18.2 Å². The summed E-state index contributed by atoms with van der Waals surface area (Å²) in [6, 6.07) is 13.0. The van der Waals surface area contributed by atoms with E-state index in [1.807, 2.05) is 23.2 Å². The average Bonchev–Trinajstić information content (AvgIpc) is 2.96. The first kappa shape index (κ1) is 21.3. The van der Waals surface area contributed by atoms with E-state index < -0.39 is 0 Å². The highest BCUT2D eigenvalue weighted by Gasteiger charge is 2.33. The summed E-state index contributed by atoms with van der Waals surface area (Å²) < 4.78 is 1.03. The van der Waals surface area contributed by atoms with Gasteiger partial charge in [0.25, 0.3) is 0 Å². The van der Waals surface area contributed by atoms with E-state index in [0.29, 0.717) is 6.42 Å². The lowest BCUT2D eigenvalue weighted by molar-refractivity contribution is -0.132. The molecular formula is C26H27BrN4O. The van der Waals surface area contributed by atoms with Crippen molar-refractivity contribution in [3.63, 3.8) is 0 Å². The smallest absolute Gasteiger partial charge is 0.227 e. The van der Waals surface area contributed by atoms with E-state index in [2.05, 4.69) is 57.0 Å². The lowest BCUT2D eigenvalue weighted by Crippen LogP contribution is -2.50. The number of hydrogen-bond acceptors (Lipinski definition) is 4. The molecule has 164 valence electrons. The van der Waals surface area contributed by atoms with Crippen LogP contribution in [0.15, 0.2) is 59.5 Å². The summed E-state index contributed by atoms with van der Waals surface area (Å²) in [5.74, 6) is 0.178. The van der Waals surface area contributed by atoms with Crippen molar-refractivity contribution in [2.24, 2.45) is 0 Å². The predicted molar refractivity (Wildman–Crippen MR) is 128 cm³/mol. The van der Waals surface area contributed by atoms with E-state index >= 15 is 0 Å². The number of hydrogen-bond donors (Lipinski definition) is 0. The third-order valence-electron chi connectivity index (χ3n) is 6.59. The molecule has 0 saturated carbocycles. The molecule has 1 amide bonds. The Morgan fingerprint density at radius 2 is 1.88 bits per heavy atom. The number of carbonyl (C=O) groups is 1. The first-order valence-electron chi connectivity index (χ1n) is 11.2. The summed E-state index contributed by atoms with van der Waals surface area (Å²) in [6.07, 6.45) is 7.87. The van der Waals surface area contributed by atoms with Crippen LogP contribution in [0, 0.1) is 6.92 Å². The molecule has 0 radical (unpaired) electrons. The number of amides is 1. The zero-order chi connectivity index (χ0) is 22.1. The van der Waals surface area contributed by atoms with Crippen molar-refractivity contribution in [3.8, 4) is 0 Å². The Hall–Kier alpha value is -2.57. The van der Waals surface area contributed by atoms with E-state index in [1.54, 1.807) is 12.4 Å². The quantitative estimate of drug-likeness (QED) is 0.553. The summed E-state index contributed by atoms with van der Waals surface area (Å²) in [4.78, 5) is 26.4. The Bertz CT molecular complexity index is 1070. The number of carbonyl (C=O) groups excluding carboxylic acids is 1. The van der Waals surface area contributed by atoms with Crippen LogP contribution in [-0.2, 0) is 24.1 Å². The second-order valence-electron chi connectivity index (χ2n) is 8.76. The number of benzene rings is 1. The van der Waals surface area contributed by atoms with Gasteiger partial charge in [0.1, 0.15) is 0 Å². The monoisotopic (exact) mass is 490 g/mol. The summed E-state index contributed by atoms with van der Waals surface area (Å²) in [5.41, 5.74) is 7.52. The van der Waals surface area contributed by atoms with Crippen molar-refractivity contribution >= 4 is 21.8 Å². The van der Waals surface area contributed by atoms with Crippen molar-refractivity contribution in [2.45, 2.75) is 32.2 Å². The van der Waals surface area contributed by atoms with Crippen molar-refractivity contribution in [2.75, 3.05) is 26.2 Å². The number of fused-ring (bicyclic) bond motifs is 2. The van der Waals surface area contributed by atoms with Gasteiger partial charge < -0.3 is 4.90 Å². The van der Waals surface area contributed by atoms with E-state index in [0.717, 1.165) is 54.8 Å². The molecule has 2 aromatic heterocycles. The number of aromatic nitrogens is 2. The zero-order valence-corrected chi connectivity index (χ0v) is 19.9. The molecule has 1 aromatic carbocycles. The van der Waals surface area contributed by atoms with Crippen LogP contribution in [0.3, 0.4) is 0 Å². The molecule has 6 heteroatoms. The van der Waals surface area contributed by atoms with E-state index in [4.69, 9.17) is 4.98 Å². The minimum Gasteiger partial charge on any atom is -0.340 e. The highest BCUT2D eigenvalue weighted by atomic mass is 79.9. The molecule has 1 unspecified atom stereocenters. The molecule has 0 spiro atoms. The Morgan fingerprint density at radius 3 is 2.66 bits per heavy atom. The van der Waals surface area contributed by atoms with Crippen molar-refractivity contribution in [1.29, 1.82) is 0 Å². The molecule has 0 bridgehead atoms. The molecule has 1 atom stereocenters. The molecule has 32 heavy (non-hydrogen) atoms. The summed E-state index contributed by atoms with van der Waals surface area (Å²) in [6.45, 7) is 5.32. The van der Waals surface area contributed by atoms with Crippen LogP contribution >= 0.6 is 15.9 Å². The molecule has 3 heterocycles. The number of rotatable bonds is 3. The maximum atomic E-state index is 12.8. The molecule has 5 nitrogen and oxygen atoms in total. The Kier molecular flexibility index (Phi) is 6.07. The SMILES string of the molecule is Cc1ccc2c(c1)CCc1cc(Br)cnc1C2N1CCN(C(=O)Cc2cccnc2)CC1. The van der Waals surface area contributed by atoms with Crippen molar-refractivity contribution < 1.29 is 4.79 Å². The molecule has 1 aliphatic heterocycles. The maximum absolute atomic E-state index is 12.8. The van der Waals surface area contributed by atoms with E-state index in [1.165, 1.54) is 22.3 Å². The van der Waals surface area contributed by atoms with Crippen molar-refractivity contribution in [1.82, 2.24) is 19.8 Å². The van der Waals surface area contributed by atoms with Gasteiger partial charge in [0, 0.05) is 49.2 Å². The summed E-state index contributed by atoms with van der Waals surface area (Å²) in [7, 11) is 0. The fourth-order valence-electron chi connectivity index (χ4n) is 4.96. The minimum absolute atomic E-state index is 0.131. The van der Waals surface area contributed by atoms with Crippen LogP contribution in [0.25, 0.3) is 0 Å². The first-order chi connectivity index (χ1) is 15.6. The van der Waals surface area contributed by atoms with Gasteiger partial charge in [-0.3, -0.25) is 19.7 Å². The maximum Gasteiger partial charge on any atom is 0.227 e. The molecule has 2 aliphatic rings. The highest BCUT2D eigenvalue weighted by molar-refractivity contribution is 9.10. The van der Waals surface area contributed by atoms with Gasteiger partial charge in [-0.1, -0.05) is 29.8 Å². The van der Waals surface area contributed by atoms with Crippen LogP contribution in [0.4, 0.5) is 0 Å². The van der Waals surface area contributed by atoms with Gasteiger partial charge in [-0.2, -0.15) is 0 Å². The normalized spacial score (nSPS) is 18.6. The second-order valence-corrected chi connectivity index (χ2v) is 9.67. The van der Waals surface area contributed by atoms with E-state index in [-0.39, 0.29) is 11.9 Å². The van der Waals surface area contributed by atoms with Crippen LogP contribution in [0.1, 0.15) is 39.6 Å². The standard InChI is InChI=1S/C26H27BrN4O/c1-18-4-7-23-20(13-18)5-6-21-15-22(27)17-29-25(21)26(23)31-11-9-30(10-12-31)24(32)14-19-3-2-8-28-16-19/h2-4,7-8,13,15-17,26H,5-6,9-12,14H2,1H3. The fourth-order valence-corrected chi connectivity index (χ4v) is 5.34. The third kappa shape index (κ3) is 4.34. The van der Waals surface area contributed by atoms with Gasteiger partial charge in [0.15, 0.2) is 0 Å². The highest BCUT2D eigenvalue weighted by Crippen LogP contribution is 2.37. The van der Waals surface area contributed by atoms with E-state index in [9.17, 15) is 4.79 Å². The molecule has 0 N–H and O–H groups in total. The third-order valence-corrected chi connectivity index (χ3v) is 7.03. The van der Waals surface area contributed by atoms with Gasteiger partial charge in [0.2, 0.25) is 5.91 Å². The fraction of sp³-hybridized carbons (Fsp3) is 0.346. The number of halogens is 1. The van der Waals surface area contributed by atoms with Gasteiger partial charge >= 0.3 is 0 Å². The largest absolute Gasteiger partial charge is 0.340 e. The van der Waals surface area contributed by atoms with Gasteiger partial charge in [-0.15, -0.1) is 0 Å². The first-order valence-corrected chi connectivity index (χ1v) is 12.0. The number of pyridine rings is 2. The van der Waals surface area contributed by atoms with Crippen LogP contribution in [-0.4, -0.2) is 51.9 Å². The van der Waals surface area contributed by atoms with Crippen LogP contribution in [0.5, 0.6) is 0 Å².